The Labute approximate surface area is 97.7 Å². The Morgan fingerprint density at radius 2 is 2.38 bits per heavy atom. The van der Waals surface area contributed by atoms with Gasteiger partial charge in [0.05, 0.1) is 13.2 Å². The minimum Gasteiger partial charge on any atom is -0.465 e. The van der Waals surface area contributed by atoms with Crippen LogP contribution in [-0.4, -0.2) is 38.4 Å². The summed E-state index contributed by atoms with van der Waals surface area (Å²) in [6.07, 6.45) is 2.92. The van der Waals surface area contributed by atoms with Crippen LogP contribution >= 0.6 is 0 Å². The smallest absolute Gasteiger partial charge is 0.323 e. The number of nitrogens with one attached hydrogen (secondary N) is 1. The van der Waals surface area contributed by atoms with Gasteiger partial charge in [0.25, 0.3) is 0 Å². The SMILES string of the molecule is CCCC(NCC1CCOC1)C(=O)OCC. The third kappa shape index (κ3) is 4.49. The first kappa shape index (κ1) is 13.5. The molecule has 2 atom stereocenters. The maximum absolute atomic E-state index is 11.6. The van der Waals surface area contributed by atoms with Gasteiger partial charge in [-0.3, -0.25) is 4.79 Å². The van der Waals surface area contributed by atoms with Crippen LogP contribution in [0.2, 0.25) is 0 Å². The summed E-state index contributed by atoms with van der Waals surface area (Å²) in [4.78, 5) is 11.6. The maximum Gasteiger partial charge on any atom is 0.323 e. The van der Waals surface area contributed by atoms with E-state index in [0.29, 0.717) is 12.5 Å². The van der Waals surface area contributed by atoms with Gasteiger partial charge in [-0.05, 0) is 25.7 Å². The van der Waals surface area contributed by atoms with Gasteiger partial charge in [0, 0.05) is 13.2 Å². The highest BCUT2D eigenvalue weighted by Crippen LogP contribution is 2.11. The van der Waals surface area contributed by atoms with E-state index in [9.17, 15) is 4.79 Å². The lowest BCUT2D eigenvalue weighted by Gasteiger charge is -2.18. The van der Waals surface area contributed by atoms with Gasteiger partial charge in [0.15, 0.2) is 0 Å². The quantitative estimate of drug-likeness (QED) is 0.669. The van der Waals surface area contributed by atoms with Crippen molar-refractivity contribution in [2.24, 2.45) is 5.92 Å². The Balaban J connectivity index is 2.28. The molecule has 1 aliphatic rings. The van der Waals surface area contributed by atoms with Gasteiger partial charge >= 0.3 is 5.97 Å². The molecule has 0 radical (unpaired) electrons. The average Bonchev–Trinajstić information content (AvgIpc) is 2.77. The van der Waals surface area contributed by atoms with E-state index < -0.39 is 0 Å². The van der Waals surface area contributed by atoms with Crippen molar-refractivity contribution >= 4 is 5.97 Å². The van der Waals surface area contributed by atoms with Crippen molar-refractivity contribution in [3.63, 3.8) is 0 Å². The molecule has 1 heterocycles. The molecule has 1 saturated heterocycles. The van der Waals surface area contributed by atoms with Crippen molar-refractivity contribution in [3.8, 4) is 0 Å². The lowest BCUT2D eigenvalue weighted by atomic mass is 10.1. The van der Waals surface area contributed by atoms with Crippen molar-refractivity contribution < 1.29 is 14.3 Å². The van der Waals surface area contributed by atoms with Crippen LogP contribution in [0.1, 0.15) is 33.1 Å². The molecule has 0 aromatic carbocycles. The largest absolute Gasteiger partial charge is 0.465 e. The van der Waals surface area contributed by atoms with Gasteiger partial charge in [0.2, 0.25) is 0 Å². The fourth-order valence-electron chi connectivity index (χ4n) is 1.89. The van der Waals surface area contributed by atoms with Crippen LogP contribution in [0.25, 0.3) is 0 Å². The first-order valence-corrected chi connectivity index (χ1v) is 6.25. The standard InChI is InChI=1S/C12H23NO3/c1-3-5-11(12(14)16-4-2)13-8-10-6-7-15-9-10/h10-11,13H,3-9H2,1-2H3. The summed E-state index contributed by atoms with van der Waals surface area (Å²) in [6.45, 7) is 6.88. The van der Waals surface area contributed by atoms with E-state index in [-0.39, 0.29) is 12.0 Å². The second-order valence-corrected chi connectivity index (χ2v) is 4.23. The molecule has 16 heavy (non-hydrogen) atoms. The first-order valence-electron chi connectivity index (χ1n) is 6.25. The van der Waals surface area contributed by atoms with E-state index in [2.05, 4.69) is 12.2 Å². The Morgan fingerprint density at radius 3 is 2.94 bits per heavy atom. The van der Waals surface area contributed by atoms with Crippen LogP contribution in [0.4, 0.5) is 0 Å². The van der Waals surface area contributed by atoms with Crippen LogP contribution < -0.4 is 5.32 Å². The molecule has 0 spiro atoms. The molecule has 0 bridgehead atoms. The van der Waals surface area contributed by atoms with E-state index in [1.807, 2.05) is 6.92 Å². The number of carbonyl (C=O) groups excluding carboxylic acids is 1. The molecule has 1 N–H and O–H groups in total. The lowest BCUT2D eigenvalue weighted by Crippen LogP contribution is -2.40. The van der Waals surface area contributed by atoms with Crippen LogP contribution in [0, 0.1) is 5.92 Å². The molecular formula is C12H23NO3. The van der Waals surface area contributed by atoms with Gasteiger partial charge in [-0.2, -0.15) is 0 Å². The molecule has 2 unspecified atom stereocenters. The van der Waals surface area contributed by atoms with Crippen molar-refractivity contribution in [1.82, 2.24) is 5.32 Å². The molecule has 1 aliphatic heterocycles. The van der Waals surface area contributed by atoms with Gasteiger partial charge in [-0.25, -0.2) is 0 Å². The molecule has 0 saturated carbocycles. The van der Waals surface area contributed by atoms with E-state index in [0.717, 1.165) is 39.0 Å². The molecular weight excluding hydrogens is 206 g/mol. The van der Waals surface area contributed by atoms with Crippen LogP contribution in [0.15, 0.2) is 0 Å². The van der Waals surface area contributed by atoms with Gasteiger partial charge in [0.1, 0.15) is 6.04 Å². The summed E-state index contributed by atoms with van der Waals surface area (Å²) in [5.41, 5.74) is 0. The monoisotopic (exact) mass is 229 g/mol. The zero-order chi connectivity index (χ0) is 11.8. The third-order valence-electron chi connectivity index (χ3n) is 2.83. The van der Waals surface area contributed by atoms with Crippen molar-refractivity contribution in [2.45, 2.75) is 39.2 Å². The maximum atomic E-state index is 11.6. The van der Waals surface area contributed by atoms with E-state index in [4.69, 9.17) is 9.47 Å². The van der Waals surface area contributed by atoms with E-state index >= 15 is 0 Å². The molecule has 0 aromatic heterocycles. The van der Waals surface area contributed by atoms with Crippen molar-refractivity contribution in [2.75, 3.05) is 26.4 Å². The Hall–Kier alpha value is -0.610. The predicted octanol–water partition coefficient (Wildman–Crippen LogP) is 1.34. The highest BCUT2D eigenvalue weighted by atomic mass is 16.5. The van der Waals surface area contributed by atoms with Crippen LogP contribution in [0.5, 0.6) is 0 Å². The number of hydrogen-bond acceptors (Lipinski definition) is 4. The van der Waals surface area contributed by atoms with Crippen molar-refractivity contribution in [3.05, 3.63) is 0 Å². The lowest BCUT2D eigenvalue weighted by molar-refractivity contribution is -0.145. The van der Waals surface area contributed by atoms with Crippen LogP contribution in [0.3, 0.4) is 0 Å². The van der Waals surface area contributed by atoms with E-state index in [1.54, 1.807) is 0 Å². The van der Waals surface area contributed by atoms with E-state index in [1.165, 1.54) is 0 Å². The second kappa shape index (κ2) is 7.63. The Bertz CT molecular complexity index is 202. The molecule has 94 valence electrons. The average molecular weight is 229 g/mol. The molecule has 0 aromatic rings. The topological polar surface area (TPSA) is 47.6 Å². The zero-order valence-electron chi connectivity index (χ0n) is 10.3. The Kier molecular flexibility index (Phi) is 6.42. The number of rotatable bonds is 7. The third-order valence-corrected chi connectivity index (χ3v) is 2.83. The number of esters is 1. The van der Waals surface area contributed by atoms with Crippen molar-refractivity contribution in [1.29, 1.82) is 0 Å². The first-order chi connectivity index (χ1) is 7.77. The summed E-state index contributed by atoms with van der Waals surface area (Å²) < 4.78 is 10.3. The molecule has 1 fully saturated rings. The summed E-state index contributed by atoms with van der Waals surface area (Å²) in [5, 5.41) is 3.29. The summed E-state index contributed by atoms with van der Waals surface area (Å²) in [5.74, 6) is 0.428. The normalized spacial score (nSPS) is 22.0. The molecule has 4 heteroatoms. The second-order valence-electron chi connectivity index (χ2n) is 4.23. The minimum absolute atomic E-state index is 0.122. The van der Waals surface area contributed by atoms with Gasteiger partial charge in [-0.15, -0.1) is 0 Å². The summed E-state index contributed by atoms with van der Waals surface area (Å²) >= 11 is 0. The highest BCUT2D eigenvalue weighted by Gasteiger charge is 2.21. The summed E-state index contributed by atoms with van der Waals surface area (Å²) in [6, 6.07) is -0.148. The molecule has 1 rings (SSSR count). The Morgan fingerprint density at radius 1 is 1.56 bits per heavy atom. The fourth-order valence-corrected chi connectivity index (χ4v) is 1.89. The van der Waals surface area contributed by atoms with Gasteiger partial charge in [-0.1, -0.05) is 13.3 Å². The predicted molar refractivity (Wildman–Crippen MR) is 62.3 cm³/mol. The molecule has 0 aliphatic carbocycles. The number of ether oxygens (including phenoxy) is 2. The fraction of sp³-hybridized carbons (Fsp3) is 0.917. The summed E-state index contributed by atoms with van der Waals surface area (Å²) in [7, 11) is 0. The van der Waals surface area contributed by atoms with Crippen LogP contribution in [-0.2, 0) is 14.3 Å². The number of carbonyl (C=O) groups is 1. The number of hydrogen-bond donors (Lipinski definition) is 1. The zero-order valence-corrected chi connectivity index (χ0v) is 10.3. The minimum atomic E-state index is -0.148. The van der Waals surface area contributed by atoms with Gasteiger partial charge < -0.3 is 14.8 Å². The molecule has 4 nitrogen and oxygen atoms in total. The molecule has 0 amide bonds. The highest BCUT2D eigenvalue weighted by molar-refractivity contribution is 5.75.